The summed E-state index contributed by atoms with van der Waals surface area (Å²) < 4.78 is 5.14. The lowest BCUT2D eigenvalue weighted by Gasteiger charge is -2.43. The maximum Gasteiger partial charge on any atom is 0.0946 e. The number of ether oxygens (including phenoxy) is 1. The van der Waals surface area contributed by atoms with E-state index in [2.05, 4.69) is 0 Å². The number of halogens is 1. The molecule has 0 spiro atoms. The zero-order valence-electron chi connectivity index (χ0n) is 8.03. The molecule has 76 valence electrons. The summed E-state index contributed by atoms with van der Waals surface area (Å²) in [5.74, 6) is 0. The number of methoxy groups -OCH3 is 1. The van der Waals surface area contributed by atoms with E-state index < -0.39 is 5.60 Å². The zero-order chi connectivity index (χ0) is 10.2. The highest BCUT2D eigenvalue weighted by Gasteiger charge is 2.44. The molecule has 3 heteroatoms. The van der Waals surface area contributed by atoms with Crippen LogP contribution in [0.5, 0.6) is 0 Å². The first-order chi connectivity index (χ1) is 6.64. The molecule has 0 aromatic heterocycles. The van der Waals surface area contributed by atoms with Gasteiger partial charge in [-0.3, -0.25) is 0 Å². The van der Waals surface area contributed by atoms with E-state index in [1.807, 2.05) is 12.1 Å². The van der Waals surface area contributed by atoms with Gasteiger partial charge in [0.15, 0.2) is 0 Å². The van der Waals surface area contributed by atoms with Gasteiger partial charge in [-0.25, -0.2) is 0 Å². The van der Waals surface area contributed by atoms with Crippen molar-refractivity contribution in [3.8, 4) is 0 Å². The van der Waals surface area contributed by atoms with Crippen LogP contribution in [0.4, 0.5) is 0 Å². The normalized spacial score (nSPS) is 31.2. The highest BCUT2D eigenvalue weighted by atomic mass is 35.5. The Bertz CT molecular complexity index is 315. The second-order valence-electron chi connectivity index (χ2n) is 3.80. The summed E-state index contributed by atoms with van der Waals surface area (Å²) in [6.07, 6.45) is 1.53. The van der Waals surface area contributed by atoms with E-state index in [-0.39, 0.29) is 6.10 Å². The molecule has 0 saturated heterocycles. The van der Waals surface area contributed by atoms with Crippen LogP contribution in [-0.4, -0.2) is 18.3 Å². The molecule has 0 heterocycles. The predicted molar refractivity (Wildman–Crippen MR) is 55.4 cm³/mol. The smallest absolute Gasteiger partial charge is 0.0946 e. The van der Waals surface area contributed by atoms with Gasteiger partial charge in [-0.15, -0.1) is 0 Å². The lowest BCUT2D eigenvalue weighted by Crippen LogP contribution is -2.45. The van der Waals surface area contributed by atoms with Crippen molar-refractivity contribution in [1.29, 1.82) is 0 Å². The Morgan fingerprint density at radius 3 is 2.43 bits per heavy atom. The molecule has 0 bridgehead atoms. The molecule has 1 saturated carbocycles. The third-order valence-electron chi connectivity index (χ3n) is 2.85. The van der Waals surface area contributed by atoms with E-state index in [0.717, 1.165) is 5.56 Å². The van der Waals surface area contributed by atoms with Crippen molar-refractivity contribution < 1.29 is 9.84 Å². The number of rotatable bonds is 2. The average molecular weight is 213 g/mol. The third-order valence-corrected chi connectivity index (χ3v) is 3.10. The summed E-state index contributed by atoms with van der Waals surface area (Å²) in [4.78, 5) is 0. The number of hydrogen-bond acceptors (Lipinski definition) is 2. The van der Waals surface area contributed by atoms with Gasteiger partial charge in [-0.05, 0) is 17.7 Å². The molecule has 0 aliphatic heterocycles. The zero-order valence-corrected chi connectivity index (χ0v) is 8.79. The van der Waals surface area contributed by atoms with Gasteiger partial charge in [-0.1, -0.05) is 23.7 Å². The lowest BCUT2D eigenvalue weighted by molar-refractivity contribution is -0.133. The Morgan fingerprint density at radius 1 is 1.36 bits per heavy atom. The summed E-state index contributed by atoms with van der Waals surface area (Å²) >= 11 is 5.77. The van der Waals surface area contributed by atoms with E-state index in [1.165, 1.54) is 0 Å². The number of hydrogen-bond donors (Lipinski definition) is 1. The van der Waals surface area contributed by atoms with E-state index in [0.29, 0.717) is 17.9 Å². The lowest BCUT2D eigenvalue weighted by atomic mass is 9.73. The van der Waals surface area contributed by atoms with Gasteiger partial charge >= 0.3 is 0 Å². The van der Waals surface area contributed by atoms with Crippen molar-refractivity contribution in [2.24, 2.45) is 0 Å². The summed E-state index contributed by atoms with van der Waals surface area (Å²) in [5.41, 5.74) is 0.223. The van der Waals surface area contributed by atoms with Crippen LogP contribution >= 0.6 is 11.6 Å². The molecule has 0 atom stereocenters. The Labute approximate surface area is 88.5 Å². The molecule has 1 aromatic rings. The highest BCUT2D eigenvalue weighted by Crippen LogP contribution is 2.42. The standard InChI is InChI=1S/C11H13ClO2/c1-14-10-6-11(13,7-10)8-2-4-9(12)5-3-8/h2-5,10,13H,6-7H2,1H3. The van der Waals surface area contributed by atoms with Gasteiger partial charge in [0.1, 0.15) is 0 Å². The molecule has 2 rings (SSSR count). The summed E-state index contributed by atoms with van der Waals surface area (Å²) in [7, 11) is 1.67. The Balaban J connectivity index is 2.13. The molecule has 1 fully saturated rings. The average Bonchev–Trinajstić information content (AvgIpc) is 2.14. The molecular weight excluding hydrogens is 200 g/mol. The Kier molecular flexibility index (Phi) is 2.52. The predicted octanol–water partition coefficient (Wildman–Crippen LogP) is 2.34. The highest BCUT2D eigenvalue weighted by molar-refractivity contribution is 6.30. The summed E-state index contributed by atoms with van der Waals surface area (Å²) in [5, 5.41) is 10.8. The fourth-order valence-corrected chi connectivity index (χ4v) is 1.98. The van der Waals surface area contributed by atoms with Gasteiger partial charge in [0, 0.05) is 25.0 Å². The van der Waals surface area contributed by atoms with Crippen LogP contribution in [0.15, 0.2) is 24.3 Å². The van der Waals surface area contributed by atoms with Crippen LogP contribution in [0.2, 0.25) is 5.02 Å². The largest absolute Gasteiger partial charge is 0.385 e. The molecule has 0 radical (unpaired) electrons. The van der Waals surface area contributed by atoms with E-state index in [1.54, 1.807) is 19.2 Å². The van der Waals surface area contributed by atoms with Crippen LogP contribution in [0.25, 0.3) is 0 Å². The molecule has 1 aliphatic rings. The van der Waals surface area contributed by atoms with Crippen LogP contribution in [-0.2, 0) is 10.3 Å². The van der Waals surface area contributed by atoms with Gasteiger partial charge in [-0.2, -0.15) is 0 Å². The second-order valence-corrected chi connectivity index (χ2v) is 4.24. The van der Waals surface area contributed by atoms with Crippen molar-refractivity contribution in [1.82, 2.24) is 0 Å². The fourth-order valence-electron chi connectivity index (χ4n) is 1.86. The number of benzene rings is 1. The van der Waals surface area contributed by atoms with Gasteiger partial charge in [0.2, 0.25) is 0 Å². The monoisotopic (exact) mass is 212 g/mol. The first-order valence-corrected chi connectivity index (χ1v) is 5.03. The molecule has 14 heavy (non-hydrogen) atoms. The third kappa shape index (κ3) is 1.65. The van der Waals surface area contributed by atoms with E-state index in [4.69, 9.17) is 16.3 Å². The molecule has 0 unspecified atom stereocenters. The maximum absolute atomic E-state index is 10.2. The van der Waals surface area contributed by atoms with Gasteiger partial charge < -0.3 is 9.84 Å². The van der Waals surface area contributed by atoms with Crippen LogP contribution in [0.1, 0.15) is 18.4 Å². The maximum atomic E-state index is 10.2. The van der Waals surface area contributed by atoms with Crippen molar-refractivity contribution >= 4 is 11.6 Å². The van der Waals surface area contributed by atoms with Crippen molar-refractivity contribution in [3.05, 3.63) is 34.9 Å². The molecule has 2 nitrogen and oxygen atoms in total. The van der Waals surface area contributed by atoms with E-state index in [9.17, 15) is 5.11 Å². The van der Waals surface area contributed by atoms with Crippen LogP contribution in [0, 0.1) is 0 Å². The number of aliphatic hydroxyl groups is 1. The van der Waals surface area contributed by atoms with E-state index >= 15 is 0 Å². The molecular formula is C11H13ClO2. The molecule has 1 aliphatic carbocycles. The van der Waals surface area contributed by atoms with Crippen LogP contribution in [0.3, 0.4) is 0 Å². The summed E-state index contributed by atoms with van der Waals surface area (Å²) in [6, 6.07) is 7.34. The first-order valence-electron chi connectivity index (χ1n) is 4.65. The minimum Gasteiger partial charge on any atom is -0.385 e. The van der Waals surface area contributed by atoms with Crippen molar-refractivity contribution in [2.75, 3.05) is 7.11 Å². The minimum atomic E-state index is -0.703. The van der Waals surface area contributed by atoms with Gasteiger partial charge in [0.25, 0.3) is 0 Å². The van der Waals surface area contributed by atoms with Crippen LogP contribution < -0.4 is 0 Å². The molecule has 1 aromatic carbocycles. The van der Waals surface area contributed by atoms with Gasteiger partial charge in [0.05, 0.1) is 11.7 Å². The molecule has 0 amide bonds. The summed E-state index contributed by atoms with van der Waals surface area (Å²) in [6.45, 7) is 0. The Hall–Kier alpha value is -0.570. The minimum absolute atomic E-state index is 0.190. The first kappa shape index (κ1) is 9.97. The quantitative estimate of drug-likeness (QED) is 0.816. The topological polar surface area (TPSA) is 29.5 Å². The Morgan fingerprint density at radius 2 is 1.93 bits per heavy atom. The van der Waals surface area contributed by atoms with Crippen molar-refractivity contribution in [3.63, 3.8) is 0 Å². The second kappa shape index (κ2) is 3.54. The SMILES string of the molecule is COC1CC(O)(c2ccc(Cl)cc2)C1. The van der Waals surface area contributed by atoms with Crippen molar-refractivity contribution in [2.45, 2.75) is 24.5 Å². The fraction of sp³-hybridized carbons (Fsp3) is 0.455. The molecule has 1 N–H and O–H groups in total.